The minimum atomic E-state index is -0.751. The number of carboxylic acid groups (broad SMARTS) is 1. The lowest BCUT2D eigenvalue weighted by Crippen LogP contribution is -2.29. The fourth-order valence-electron chi connectivity index (χ4n) is 2.59. The molecule has 1 aliphatic carbocycles. The number of halogens is 1. The van der Waals surface area contributed by atoms with Crippen molar-refractivity contribution in [1.29, 1.82) is 0 Å². The van der Waals surface area contributed by atoms with Gasteiger partial charge < -0.3 is 5.11 Å². The molecule has 0 fully saturated rings. The Morgan fingerprint density at radius 2 is 2.19 bits per heavy atom. The van der Waals surface area contributed by atoms with Gasteiger partial charge in [0.1, 0.15) is 0 Å². The molecular formula is C13H15ClO2. The molecule has 1 atom stereocenters. The first kappa shape index (κ1) is 11.5. The zero-order valence-corrected chi connectivity index (χ0v) is 10.2. The number of hydrogen-bond acceptors (Lipinski definition) is 1. The maximum absolute atomic E-state index is 11.2. The minimum Gasteiger partial charge on any atom is -0.481 e. The van der Waals surface area contributed by atoms with E-state index in [0.29, 0.717) is 11.4 Å². The summed E-state index contributed by atoms with van der Waals surface area (Å²) in [4.78, 5) is 11.2. The van der Waals surface area contributed by atoms with Crippen molar-refractivity contribution in [1.82, 2.24) is 0 Å². The molecule has 16 heavy (non-hydrogen) atoms. The zero-order chi connectivity index (χ0) is 11.9. The first-order valence-electron chi connectivity index (χ1n) is 5.45. The van der Waals surface area contributed by atoms with Crippen LogP contribution in [0, 0.1) is 0 Å². The summed E-state index contributed by atoms with van der Waals surface area (Å²) in [6.07, 6.45) is 1.55. The molecule has 0 bridgehead atoms. The summed E-state index contributed by atoms with van der Waals surface area (Å²) in [5.41, 5.74) is 1.87. The lowest BCUT2D eigenvalue weighted by molar-refractivity contribution is -0.139. The number of carbonyl (C=O) groups is 1. The van der Waals surface area contributed by atoms with Gasteiger partial charge in [0.05, 0.1) is 5.92 Å². The van der Waals surface area contributed by atoms with Crippen molar-refractivity contribution in [2.75, 3.05) is 0 Å². The van der Waals surface area contributed by atoms with Gasteiger partial charge in [-0.1, -0.05) is 37.6 Å². The van der Waals surface area contributed by atoms with Crippen molar-refractivity contribution in [2.24, 2.45) is 0 Å². The largest absolute Gasteiger partial charge is 0.481 e. The second kappa shape index (κ2) is 3.77. The van der Waals surface area contributed by atoms with Crippen LogP contribution >= 0.6 is 11.6 Å². The minimum absolute atomic E-state index is 0.0281. The summed E-state index contributed by atoms with van der Waals surface area (Å²) < 4.78 is 0. The molecule has 1 aromatic rings. The lowest BCUT2D eigenvalue weighted by atomic mass is 9.69. The third-order valence-electron chi connectivity index (χ3n) is 3.45. The number of benzene rings is 1. The maximum Gasteiger partial charge on any atom is 0.310 e. The summed E-state index contributed by atoms with van der Waals surface area (Å²) in [6, 6.07) is 5.56. The number of rotatable bonds is 1. The predicted octanol–water partition coefficient (Wildman–Crippen LogP) is 3.58. The highest BCUT2D eigenvalue weighted by atomic mass is 35.5. The highest BCUT2D eigenvalue weighted by Gasteiger charge is 2.37. The van der Waals surface area contributed by atoms with E-state index < -0.39 is 11.9 Å². The highest BCUT2D eigenvalue weighted by Crippen LogP contribution is 2.45. The molecule has 0 amide bonds. The molecule has 0 radical (unpaired) electrons. The van der Waals surface area contributed by atoms with Crippen LogP contribution in [-0.4, -0.2) is 11.1 Å². The molecule has 0 saturated heterocycles. The third kappa shape index (κ3) is 1.71. The van der Waals surface area contributed by atoms with E-state index in [1.165, 1.54) is 0 Å². The van der Waals surface area contributed by atoms with Crippen molar-refractivity contribution in [2.45, 2.75) is 38.0 Å². The monoisotopic (exact) mass is 238 g/mol. The number of hydrogen-bond donors (Lipinski definition) is 1. The first-order chi connectivity index (χ1) is 7.43. The van der Waals surface area contributed by atoms with Crippen LogP contribution in [-0.2, 0) is 10.2 Å². The van der Waals surface area contributed by atoms with Crippen LogP contribution in [0.3, 0.4) is 0 Å². The second-order valence-electron chi connectivity index (χ2n) is 5.02. The molecule has 0 spiro atoms. The summed E-state index contributed by atoms with van der Waals surface area (Å²) in [7, 11) is 0. The standard InChI is InChI=1S/C13H15ClO2/c1-13(2)7-6-9(12(15)16)8-4-3-5-10(14)11(8)13/h3-5,9H,6-7H2,1-2H3,(H,15,16). The Balaban J connectivity index is 2.62. The smallest absolute Gasteiger partial charge is 0.310 e. The zero-order valence-electron chi connectivity index (χ0n) is 9.46. The number of carboxylic acids is 1. The van der Waals surface area contributed by atoms with E-state index >= 15 is 0 Å². The Labute approximate surface area is 100 Å². The average molecular weight is 239 g/mol. The van der Waals surface area contributed by atoms with E-state index in [1.807, 2.05) is 18.2 Å². The van der Waals surface area contributed by atoms with Crippen LogP contribution in [0.5, 0.6) is 0 Å². The maximum atomic E-state index is 11.2. The predicted molar refractivity (Wildman–Crippen MR) is 64.1 cm³/mol. The van der Waals surface area contributed by atoms with Gasteiger partial charge >= 0.3 is 5.97 Å². The van der Waals surface area contributed by atoms with Gasteiger partial charge in [-0.3, -0.25) is 4.79 Å². The second-order valence-corrected chi connectivity index (χ2v) is 5.42. The van der Waals surface area contributed by atoms with Gasteiger partial charge in [0.2, 0.25) is 0 Å². The Morgan fingerprint density at radius 3 is 2.81 bits per heavy atom. The number of fused-ring (bicyclic) bond motifs is 1. The van der Waals surface area contributed by atoms with E-state index in [-0.39, 0.29) is 5.41 Å². The quantitative estimate of drug-likeness (QED) is 0.812. The normalized spacial score (nSPS) is 22.6. The van der Waals surface area contributed by atoms with Crippen LogP contribution in [0.2, 0.25) is 5.02 Å². The molecule has 1 aromatic carbocycles. The highest BCUT2D eigenvalue weighted by molar-refractivity contribution is 6.31. The van der Waals surface area contributed by atoms with Gasteiger partial charge in [-0.05, 0) is 35.4 Å². The summed E-state index contributed by atoms with van der Waals surface area (Å²) >= 11 is 6.20. The molecule has 1 N–H and O–H groups in total. The Kier molecular flexibility index (Phi) is 2.70. The van der Waals surface area contributed by atoms with E-state index in [9.17, 15) is 9.90 Å². The molecule has 0 aliphatic heterocycles. The van der Waals surface area contributed by atoms with Crippen molar-refractivity contribution in [3.8, 4) is 0 Å². The Morgan fingerprint density at radius 1 is 1.50 bits per heavy atom. The molecule has 0 aromatic heterocycles. The Hall–Kier alpha value is -1.02. The fourth-order valence-corrected chi connectivity index (χ4v) is 3.03. The molecule has 0 heterocycles. The molecule has 86 valence electrons. The lowest BCUT2D eigenvalue weighted by Gasteiger charge is -2.36. The summed E-state index contributed by atoms with van der Waals surface area (Å²) in [5, 5.41) is 9.89. The molecule has 2 nitrogen and oxygen atoms in total. The van der Waals surface area contributed by atoms with E-state index in [1.54, 1.807) is 0 Å². The third-order valence-corrected chi connectivity index (χ3v) is 3.77. The van der Waals surface area contributed by atoms with Crippen LogP contribution in [0.4, 0.5) is 0 Å². The van der Waals surface area contributed by atoms with Gasteiger partial charge in [-0.15, -0.1) is 0 Å². The molecule has 0 saturated carbocycles. The van der Waals surface area contributed by atoms with Crippen LogP contribution in [0.1, 0.15) is 43.7 Å². The van der Waals surface area contributed by atoms with Crippen molar-refractivity contribution < 1.29 is 9.90 Å². The van der Waals surface area contributed by atoms with Gasteiger partial charge in [0.15, 0.2) is 0 Å². The van der Waals surface area contributed by atoms with Gasteiger partial charge in [-0.25, -0.2) is 0 Å². The molecule has 1 aliphatic rings. The molecule has 2 rings (SSSR count). The van der Waals surface area contributed by atoms with Crippen LogP contribution < -0.4 is 0 Å². The fraction of sp³-hybridized carbons (Fsp3) is 0.462. The first-order valence-corrected chi connectivity index (χ1v) is 5.83. The van der Waals surface area contributed by atoms with Crippen LogP contribution in [0.15, 0.2) is 18.2 Å². The van der Waals surface area contributed by atoms with Gasteiger partial charge in [0.25, 0.3) is 0 Å². The van der Waals surface area contributed by atoms with Crippen molar-refractivity contribution in [3.05, 3.63) is 34.3 Å². The van der Waals surface area contributed by atoms with E-state index in [0.717, 1.165) is 17.5 Å². The molecular weight excluding hydrogens is 224 g/mol. The van der Waals surface area contributed by atoms with Crippen molar-refractivity contribution >= 4 is 17.6 Å². The van der Waals surface area contributed by atoms with Crippen molar-refractivity contribution in [3.63, 3.8) is 0 Å². The van der Waals surface area contributed by atoms with Crippen LogP contribution in [0.25, 0.3) is 0 Å². The topological polar surface area (TPSA) is 37.3 Å². The van der Waals surface area contributed by atoms with E-state index in [4.69, 9.17) is 11.6 Å². The summed E-state index contributed by atoms with van der Waals surface area (Å²) in [6.45, 7) is 4.24. The SMILES string of the molecule is CC1(C)CCC(C(=O)O)c2cccc(Cl)c21. The Bertz CT molecular complexity index is 438. The van der Waals surface area contributed by atoms with E-state index in [2.05, 4.69) is 13.8 Å². The average Bonchev–Trinajstić information content (AvgIpc) is 2.16. The molecule has 3 heteroatoms. The number of aliphatic carboxylic acids is 1. The summed E-state index contributed by atoms with van der Waals surface area (Å²) in [5.74, 6) is -1.15. The van der Waals surface area contributed by atoms with Gasteiger partial charge in [0, 0.05) is 5.02 Å². The molecule has 1 unspecified atom stereocenters. The van der Waals surface area contributed by atoms with Gasteiger partial charge in [-0.2, -0.15) is 0 Å².